The van der Waals surface area contributed by atoms with E-state index in [0.29, 0.717) is 18.5 Å². The van der Waals surface area contributed by atoms with Crippen LogP contribution in [0.4, 0.5) is 32.4 Å². The molecule has 7 nitrogen and oxygen atoms in total. The standard InChI is InChI=1S/C24H25F5N4O3/c1-3-4-5-35-16-6-13(7-16)22-30-10-15(11-31-22)32-23(34)33-21(24(27,28)29)19-12(2)17-8-14(25)9-18(26)20(17)36-19/h8-11,13,16,21H,3-7H2,1-2H3,(H2,32,33,34)/t13?,16?,21-/m1/s1. The minimum atomic E-state index is -4.98. The van der Waals surface area contributed by atoms with E-state index in [9.17, 15) is 26.7 Å². The van der Waals surface area contributed by atoms with E-state index < -0.39 is 41.2 Å². The lowest BCUT2D eigenvalue weighted by Crippen LogP contribution is -2.40. The molecule has 36 heavy (non-hydrogen) atoms. The number of furan rings is 1. The van der Waals surface area contributed by atoms with Gasteiger partial charge in [-0.25, -0.2) is 23.5 Å². The number of benzene rings is 1. The number of nitrogens with zero attached hydrogens (tertiary/aromatic N) is 2. The second kappa shape index (κ2) is 10.4. The van der Waals surface area contributed by atoms with Crippen molar-refractivity contribution in [3.05, 3.63) is 53.3 Å². The summed E-state index contributed by atoms with van der Waals surface area (Å²) in [6.07, 6.45) is 1.42. The van der Waals surface area contributed by atoms with Crippen LogP contribution in [0.15, 0.2) is 28.9 Å². The van der Waals surface area contributed by atoms with Crippen LogP contribution in [0.3, 0.4) is 0 Å². The second-order valence-electron chi connectivity index (χ2n) is 8.77. The lowest BCUT2D eigenvalue weighted by molar-refractivity contribution is -0.158. The Bertz CT molecular complexity index is 1220. The Morgan fingerprint density at radius 2 is 1.92 bits per heavy atom. The zero-order valence-corrected chi connectivity index (χ0v) is 19.6. The van der Waals surface area contributed by atoms with Gasteiger partial charge in [-0.2, -0.15) is 13.2 Å². The van der Waals surface area contributed by atoms with Crippen molar-refractivity contribution in [2.75, 3.05) is 11.9 Å². The zero-order chi connectivity index (χ0) is 26.0. The van der Waals surface area contributed by atoms with Crippen LogP contribution in [-0.4, -0.2) is 34.9 Å². The van der Waals surface area contributed by atoms with E-state index in [1.54, 1.807) is 5.32 Å². The molecule has 2 amide bonds. The Balaban J connectivity index is 1.41. The van der Waals surface area contributed by atoms with E-state index >= 15 is 0 Å². The molecule has 1 saturated carbocycles. The average Bonchev–Trinajstić information content (AvgIpc) is 3.10. The number of ether oxygens (including phenoxy) is 1. The molecular formula is C24H25F5N4O3. The van der Waals surface area contributed by atoms with Gasteiger partial charge in [0, 0.05) is 29.5 Å². The summed E-state index contributed by atoms with van der Waals surface area (Å²) in [5.74, 6) is -2.17. The van der Waals surface area contributed by atoms with Gasteiger partial charge in [0.1, 0.15) is 17.4 Å². The molecule has 194 valence electrons. The van der Waals surface area contributed by atoms with Gasteiger partial charge in [0.25, 0.3) is 0 Å². The van der Waals surface area contributed by atoms with E-state index in [4.69, 9.17) is 9.15 Å². The van der Waals surface area contributed by atoms with Gasteiger partial charge in [0.15, 0.2) is 17.4 Å². The second-order valence-corrected chi connectivity index (χ2v) is 8.77. The predicted molar refractivity (Wildman–Crippen MR) is 120 cm³/mol. The van der Waals surface area contributed by atoms with E-state index in [2.05, 4.69) is 22.2 Å². The number of hydrogen-bond donors (Lipinski definition) is 2. The molecule has 2 heterocycles. The SMILES string of the molecule is CCCCOC1CC(c2ncc(NC(=O)N[C@H](c3oc4c(F)cc(F)cc4c3C)C(F)(F)F)cn2)C1. The molecular weight excluding hydrogens is 487 g/mol. The minimum Gasteiger partial charge on any atom is -0.455 e. The fraction of sp³-hybridized carbons (Fsp3) is 0.458. The summed E-state index contributed by atoms with van der Waals surface area (Å²) in [4.78, 5) is 20.8. The van der Waals surface area contributed by atoms with Crippen molar-refractivity contribution in [2.24, 2.45) is 0 Å². The van der Waals surface area contributed by atoms with Gasteiger partial charge in [-0.1, -0.05) is 13.3 Å². The number of fused-ring (bicyclic) bond motifs is 1. The minimum absolute atomic E-state index is 0.0849. The van der Waals surface area contributed by atoms with Crippen LogP contribution < -0.4 is 10.6 Å². The summed E-state index contributed by atoms with van der Waals surface area (Å²) >= 11 is 0. The molecule has 0 aliphatic heterocycles. The third kappa shape index (κ3) is 5.58. The lowest BCUT2D eigenvalue weighted by Gasteiger charge is -2.34. The number of unbranched alkanes of at least 4 members (excludes halogenated alkanes) is 1. The van der Waals surface area contributed by atoms with Gasteiger partial charge < -0.3 is 19.8 Å². The maximum atomic E-state index is 14.0. The molecule has 3 aromatic rings. The summed E-state index contributed by atoms with van der Waals surface area (Å²) in [5, 5.41) is 3.89. The van der Waals surface area contributed by atoms with Crippen molar-refractivity contribution >= 4 is 22.7 Å². The summed E-state index contributed by atoms with van der Waals surface area (Å²) in [5.41, 5.74) is -0.587. The number of amides is 2. The van der Waals surface area contributed by atoms with Gasteiger partial charge in [-0.3, -0.25) is 0 Å². The largest absolute Gasteiger partial charge is 0.455 e. The number of aromatic nitrogens is 2. The first-order chi connectivity index (χ1) is 17.1. The van der Waals surface area contributed by atoms with Gasteiger partial charge in [-0.15, -0.1) is 0 Å². The number of carbonyl (C=O) groups excluding carboxylic acids is 1. The topological polar surface area (TPSA) is 89.3 Å². The van der Waals surface area contributed by atoms with Crippen LogP contribution >= 0.6 is 0 Å². The number of hydrogen-bond acceptors (Lipinski definition) is 5. The quantitative estimate of drug-likeness (QED) is 0.273. The van der Waals surface area contributed by atoms with Gasteiger partial charge >= 0.3 is 12.2 Å². The smallest absolute Gasteiger partial charge is 0.416 e. The summed E-state index contributed by atoms with van der Waals surface area (Å²) in [6.45, 7) is 4.03. The Morgan fingerprint density at radius 3 is 2.56 bits per heavy atom. The third-order valence-electron chi connectivity index (χ3n) is 6.10. The molecule has 2 N–H and O–H groups in total. The van der Waals surface area contributed by atoms with Crippen molar-refractivity contribution in [1.29, 1.82) is 0 Å². The first kappa shape index (κ1) is 25.8. The van der Waals surface area contributed by atoms with Crippen molar-refractivity contribution < 1.29 is 35.9 Å². The van der Waals surface area contributed by atoms with Crippen molar-refractivity contribution in [3.8, 4) is 0 Å². The van der Waals surface area contributed by atoms with Gasteiger partial charge in [0.05, 0.1) is 24.2 Å². The maximum Gasteiger partial charge on any atom is 0.416 e. The average molecular weight is 512 g/mol. The number of halogens is 5. The normalized spacial score (nSPS) is 18.6. The van der Waals surface area contributed by atoms with Crippen LogP contribution in [0.25, 0.3) is 11.0 Å². The van der Waals surface area contributed by atoms with E-state index in [0.717, 1.165) is 31.7 Å². The molecule has 4 rings (SSSR count). The molecule has 1 aromatic carbocycles. The first-order valence-corrected chi connectivity index (χ1v) is 11.5. The number of nitrogens with one attached hydrogen (secondary N) is 2. The highest BCUT2D eigenvalue weighted by atomic mass is 19.4. The van der Waals surface area contributed by atoms with Gasteiger partial charge in [-0.05, 0) is 32.3 Å². The number of anilines is 1. The van der Waals surface area contributed by atoms with Crippen LogP contribution in [0.5, 0.6) is 0 Å². The Morgan fingerprint density at radius 1 is 1.22 bits per heavy atom. The molecule has 12 heteroatoms. The van der Waals surface area contributed by atoms with Crippen LogP contribution in [0.1, 0.15) is 61.7 Å². The monoisotopic (exact) mass is 512 g/mol. The van der Waals surface area contributed by atoms with Crippen LogP contribution in [-0.2, 0) is 4.74 Å². The molecule has 0 radical (unpaired) electrons. The Hall–Kier alpha value is -3.28. The van der Waals surface area contributed by atoms with Crippen LogP contribution in [0.2, 0.25) is 0 Å². The van der Waals surface area contributed by atoms with E-state index in [-0.39, 0.29) is 28.7 Å². The third-order valence-corrected chi connectivity index (χ3v) is 6.10. The van der Waals surface area contributed by atoms with E-state index in [1.165, 1.54) is 19.3 Å². The molecule has 0 saturated heterocycles. The summed E-state index contributed by atoms with van der Waals surface area (Å²) in [7, 11) is 0. The Kier molecular flexibility index (Phi) is 7.43. The number of alkyl halides is 3. The van der Waals surface area contributed by atoms with Crippen molar-refractivity contribution in [2.45, 2.75) is 63.8 Å². The number of aryl methyl sites for hydroxylation is 1. The molecule has 0 bridgehead atoms. The van der Waals surface area contributed by atoms with Crippen molar-refractivity contribution in [1.82, 2.24) is 15.3 Å². The van der Waals surface area contributed by atoms with E-state index in [1.807, 2.05) is 0 Å². The molecule has 1 atom stereocenters. The molecule has 1 aliphatic carbocycles. The van der Waals surface area contributed by atoms with Crippen molar-refractivity contribution in [3.63, 3.8) is 0 Å². The predicted octanol–water partition coefficient (Wildman–Crippen LogP) is 6.30. The molecule has 0 unspecified atom stereocenters. The molecule has 2 aromatic heterocycles. The van der Waals surface area contributed by atoms with Crippen LogP contribution in [0, 0.1) is 18.6 Å². The summed E-state index contributed by atoms with van der Waals surface area (Å²) in [6, 6.07) is -2.43. The highest BCUT2D eigenvalue weighted by Gasteiger charge is 2.45. The molecule has 1 fully saturated rings. The highest BCUT2D eigenvalue weighted by molar-refractivity contribution is 5.89. The number of carbonyl (C=O) groups is 1. The zero-order valence-electron chi connectivity index (χ0n) is 19.6. The Labute approximate surface area is 203 Å². The fourth-order valence-corrected chi connectivity index (χ4v) is 4.05. The maximum absolute atomic E-state index is 14.0. The summed E-state index contributed by atoms with van der Waals surface area (Å²) < 4.78 is 79.8. The van der Waals surface area contributed by atoms with Gasteiger partial charge in [0.2, 0.25) is 0 Å². The molecule has 0 spiro atoms. The fourth-order valence-electron chi connectivity index (χ4n) is 4.05. The number of rotatable bonds is 8. The molecule has 1 aliphatic rings. The first-order valence-electron chi connectivity index (χ1n) is 11.5. The lowest BCUT2D eigenvalue weighted by atomic mass is 9.81. The number of urea groups is 1. The highest BCUT2D eigenvalue weighted by Crippen LogP contribution is 2.40.